The van der Waals surface area contributed by atoms with E-state index in [4.69, 9.17) is 9.47 Å². The summed E-state index contributed by atoms with van der Waals surface area (Å²) in [6.07, 6.45) is 3.25. The van der Waals surface area contributed by atoms with Crippen LogP contribution >= 0.6 is 0 Å². The molecule has 4 rings (SSSR count). The lowest BCUT2D eigenvalue weighted by Crippen LogP contribution is -2.47. The Morgan fingerprint density at radius 3 is 2.46 bits per heavy atom. The number of hydrogen-bond acceptors (Lipinski definition) is 8. The van der Waals surface area contributed by atoms with Gasteiger partial charge in [0.1, 0.15) is 6.33 Å². The number of benzene rings is 1. The molecule has 0 spiro atoms. The first-order valence-electron chi connectivity index (χ1n) is 8.44. The first-order valence-corrected chi connectivity index (χ1v) is 8.44. The maximum absolute atomic E-state index is 5.36. The quantitative estimate of drug-likeness (QED) is 0.703. The summed E-state index contributed by atoms with van der Waals surface area (Å²) in [5.74, 6) is 1.89. The Hall–Kier alpha value is -3.16. The molecule has 3 aromatic rings. The van der Waals surface area contributed by atoms with Gasteiger partial charge in [0, 0.05) is 44.1 Å². The Bertz CT molecular complexity index is 911. The Balaban J connectivity index is 1.51. The number of nitrogens with zero attached hydrogens (tertiary/aromatic N) is 6. The summed E-state index contributed by atoms with van der Waals surface area (Å²) in [6.45, 7) is 3.44. The summed E-state index contributed by atoms with van der Waals surface area (Å²) in [4.78, 5) is 21.8. The van der Waals surface area contributed by atoms with Crippen LogP contribution in [0.3, 0.4) is 0 Å². The van der Waals surface area contributed by atoms with E-state index in [0.717, 1.165) is 42.8 Å². The normalized spacial score (nSPS) is 14.5. The Labute approximate surface area is 151 Å². The molecule has 2 aromatic heterocycles. The molecule has 26 heavy (non-hydrogen) atoms. The number of anilines is 2. The smallest absolute Gasteiger partial charge is 0.228 e. The van der Waals surface area contributed by atoms with E-state index in [1.165, 1.54) is 6.33 Å². The van der Waals surface area contributed by atoms with E-state index in [1.807, 2.05) is 6.07 Å². The molecule has 1 aliphatic rings. The molecule has 0 amide bonds. The van der Waals surface area contributed by atoms with Gasteiger partial charge in [-0.2, -0.15) is 4.98 Å². The van der Waals surface area contributed by atoms with Crippen molar-refractivity contribution in [3.63, 3.8) is 0 Å². The fraction of sp³-hybridized carbons (Fsp3) is 0.333. The molecule has 3 heterocycles. The minimum atomic E-state index is 0.582. The maximum Gasteiger partial charge on any atom is 0.228 e. The van der Waals surface area contributed by atoms with E-state index >= 15 is 0 Å². The third kappa shape index (κ3) is 3.05. The fourth-order valence-electron chi connectivity index (χ4n) is 3.14. The molecule has 0 unspecified atom stereocenters. The predicted octanol–water partition coefficient (Wildman–Crippen LogP) is 1.76. The van der Waals surface area contributed by atoms with Crippen molar-refractivity contribution >= 4 is 22.5 Å². The molecule has 0 radical (unpaired) electrons. The van der Waals surface area contributed by atoms with Gasteiger partial charge in [0.15, 0.2) is 0 Å². The summed E-state index contributed by atoms with van der Waals surface area (Å²) in [5.41, 5.74) is 2.01. The van der Waals surface area contributed by atoms with Gasteiger partial charge < -0.3 is 19.3 Å². The van der Waals surface area contributed by atoms with Crippen LogP contribution in [0.4, 0.5) is 11.6 Å². The summed E-state index contributed by atoms with van der Waals surface area (Å²) in [6, 6.07) is 7.94. The molecule has 0 bridgehead atoms. The van der Waals surface area contributed by atoms with E-state index in [1.54, 1.807) is 26.5 Å². The van der Waals surface area contributed by atoms with E-state index in [2.05, 4.69) is 41.9 Å². The van der Waals surface area contributed by atoms with Gasteiger partial charge in [0.05, 0.1) is 25.1 Å². The predicted molar refractivity (Wildman–Crippen MR) is 99.1 cm³/mol. The van der Waals surface area contributed by atoms with E-state index in [9.17, 15) is 0 Å². The average molecular weight is 352 g/mol. The van der Waals surface area contributed by atoms with E-state index < -0.39 is 0 Å². The second-order valence-electron chi connectivity index (χ2n) is 5.96. The van der Waals surface area contributed by atoms with E-state index in [-0.39, 0.29) is 0 Å². The molecule has 134 valence electrons. The van der Waals surface area contributed by atoms with Crippen molar-refractivity contribution < 1.29 is 9.47 Å². The number of rotatable bonds is 4. The highest BCUT2D eigenvalue weighted by Gasteiger charge is 2.20. The zero-order valence-corrected chi connectivity index (χ0v) is 14.8. The van der Waals surface area contributed by atoms with Crippen LogP contribution < -0.4 is 19.3 Å². The Morgan fingerprint density at radius 1 is 0.885 bits per heavy atom. The number of fused-ring (bicyclic) bond motifs is 1. The topological polar surface area (TPSA) is 76.5 Å². The standard InChI is InChI=1S/C18H20N6O2/c1-25-16-5-6-19-18(22-16)24-9-7-23(8-10-24)13-3-4-15-14(11-13)17(26-2)21-12-20-15/h3-6,11-12H,7-10H2,1-2H3. The van der Waals surface area contributed by atoms with Gasteiger partial charge >= 0.3 is 0 Å². The third-order valence-corrected chi connectivity index (χ3v) is 4.53. The van der Waals surface area contributed by atoms with Crippen molar-refractivity contribution in [2.24, 2.45) is 0 Å². The zero-order valence-electron chi connectivity index (χ0n) is 14.8. The molecular weight excluding hydrogens is 332 g/mol. The molecule has 0 aliphatic carbocycles. The van der Waals surface area contributed by atoms with Crippen LogP contribution in [0, 0.1) is 0 Å². The van der Waals surface area contributed by atoms with Gasteiger partial charge in [-0.05, 0) is 18.2 Å². The SMILES string of the molecule is COc1ccnc(N2CCN(c3ccc4ncnc(OC)c4c3)CC2)n1. The molecule has 1 aromatic carbocycles. The fourth-order valence-corrected chi connectivity index (χ4v) is 3.14. The number of hydrogen-bond donors (Lipinski definition) is 0. The third-order valence-electron chi connectivity index (χ3n) is 4.53. The number of piperazine rings is 1. The van der Waals surface area contributed by atoms with Crippen LogP contribution in [-0.4, -0.2) is 60.3 Å². The summed E-state index contributed by atoms with van der Waals surface area (Å²) >= 11 is 0. The highest BCUT2D eigenvalue weighted by atomic mass is 16.5. The minimum Gasteiger partial charge on any atom is -0.481 e. The minimum absolute atomic E-state index is 0.582. The van der Waals surface area contributed by atoms with Crippen LogP contribution in [-0.2, 0) is 0 Å². The Kier molecular flexibility index (Phi) is 4.39. The van der Waals surface area contributed by atoms with Crippen LogP contribution in [0.2, 0.25) is 0 Å². The monoisotopic (exact) mass is 352 g/mol. The summed E-state index contributed by atoms with van der Waals surface area (Å²) in [5, 5.41) is 0.922. The van der Waals surface area contributed by atoms with Gasteiger partial charge in [0.25, 0.3) is 0 Å². The van der Waals surface area contributed by atoms with Crippen molar-refractivity contribution in [1.82, 2.24) is 19.9 Å². The maximum atomic E-state index is 5.36. The zero-order chi connectivity index (χ0) is 17.9. The molecule has 0 atom stereocenters. The summed E-state index contributed by atoms with van der Waals surface area (Å²) < 4.78 is 10.5. The van der Waals surface area contributed by atoms with Crippen molar-refractivity contribution in [3.8, 4) is 11.8 Å². The van der Waals surface area contributed by atoms with E-state index in [0.29, 0.717) is 17.7 Å². The first-order chi connectivity index (χ1) is 12.8. The largest absolute Gasteiger partial charge is 0.481 e. The van der Waals surface area contributed by atoms with Crippen LogP contribution in [0.25, 0.3) is 10.9 Å². The van der Waals surface area contributed by atoms with Gasteiger partial charge in [0.2, 0.25) is 17.7 Å². The average Bonchev–Trinajstić information content (AvgIpc) is 2.73. The van der Waals surface area contributed by atoms with Crippen LogP contribution in [0.5, 0.6) is 11.8 Å². The van der Waals surface area contributed by atoms with Crippen molar-refractivity contribution in [2.45, 2.75) is 0 Å². The van der Waals surface area contributed by atoms with Crippen molar-refractivity contribution in [1.29, 1.82) is 0 Å². The summed E-state index contributed by atoms with van der Waals surface area (Å²) in [7, 11) is 3.24. The number of ether oxygens (including phenoxy) is 2. The van der Waals surface area contributed by atoms with Crippen molar-refractivity contribution in [3.05, 3.63) is 36.8 Å². The second-order valence-corrected chi connectivity index (χ2v) is 5.96. The number of aromatic nitrogens is 4. The van der Waals surface area contributed by atoms with Crippen LogP contribution in [0.15, 0.2) is 36.8 Å². The highest BCUT2D eigenvalue weighted by Crippen LogP contribution is 2.27. The molecule has 1 saturated heterocycles. The lowest BCUT2D eigenvalue weighted by Gasteiger charge is -2.36. The van der Waals surface area contributed by atoms with Gasteiger partial charge in [-0.15, -0.1) is 0 Å². The van der Waals surface area contributed by atoms with Gasteiger partial charge in [-0.3, -0.25) is 0 Å². The lowest BCUT2D eigenvalue weighted by molar-refractivity contribution is 0.396. The number of methoxy groups -OCH3 is 2. The lowest BCUT2D eigenvalue weighted by atomic mass is 10.2. The molecule has 0 N–H and O–H groups in total. The highest BCUT2D eigenvalue weighted by molar-refractivity contribution is 5.86. The first kappa shape index (κ1) is 16.3. The molecular formula is C18H20N6O2. The molecule has 0 saturated carbocycles. The molecule has 8 nitrogen and oxygen atoms in total. The Morgan fingerprint density at radius 2 is 1.69 bits per heavy atom. The molecule has 1 aliphatic heterocycles. The van der Waals surface area contributed by atoms with Crippen LogP contribution in [0.1, 0.15) is 0 Å². The molecule has 8 heteroatoms. The van der Waals surface area contributed by atoms with Crippen molar-refractivity contribution in [2.75, 3.05) is 50.2 Å². The van der Waals surface area contributed by atoms with Gasteiger partial charge in [-0.25, -0.2) is 15.0 Å². The second kappa shape index (κ2) is 6.99. The molecule has 1 fully saturated rings. The van der Waals surface area contributed by atoms with Gasteiger partial charge in [-0.1, -0.05) is 0 Å².